The summed E-state index contributed by atoms with van der Waals surface area (Å²) in [6.45, 7) is 1.72. The minimum Gasteiger partial charge on any atom is -0.479 e. The number of methoxy groups -OCH3 is 1. The first-order valence-electron chi connectivity index (χ1n) is 5.91. The van der Waals surface area contributed by atoms with Crippen LogP contribution in [0.25, 0.3) is 5.57 Å². The number of nitriles is 1. The van der Waals surface area contributed by atoms with Crippen molar-refractivity contribution in [3.8, 4) is 6.07 Å². The molecular formula is C14H13N3O3. The fourth-order valence-electron chi connectivity index (χ4n) is 2.29. The molecule has 1 aliphatic rings. The summed E-state index contributed by atoms with van der Waals surface area (Å²) in [5, 5.41) is 18.9. The van der Waals surface area contributed by atoms with Crippen molar-refractivity contribution >= 4 is 17.3 Å². The number of aliphatic carboxylic acids is 1. The number of pyridine rings is 1. The minimum absolute atomic E-state index is 0.397. The molecule has 102 valence electrons. The number of carbonyl (C=O) groups is 1. The van der Waals surface area contributed by atoms with Gasteiger partial charge in [-0.15, -0.1) is 0 Å². The number of dihydropyridines is 1. The van der Waals surface area contributed by atoms with Gasteiger partial charge in [0.25, 0.3) is 0 Å². The zero-order chi connectivity index (χ0) is 14.8. The van der Waals surface area contributed by atoms with Crippen molar-refractivity contribution in [2.75, 3.05) is 7.11 Å². The second-order valence-electron chi connectivity index (χ2n) is 4.34. The number of nitrogens with zero attached hydrogens (tertiary/aromatic N) is 3. The summed E-state index contributed by atoms with van der Waals surface area (Å²) in [7, 11) is 1.27. The molecule has 6 heteroatoms. The highest BCUT2D eigenvalue weighted by atomic mass is 16.5. The molecule has 2 rings (SSSR count). The van der Waals surface area contributed by atoms with Gasteiger partial charge in [0.05, 0.1) is 6.07 Å². The van der Waals surface area contributed by atoms with Crippen LogP contribution >= 0.6 is 0 Å². The Kier molecular flexibility index (Phi) is 3.63. The van der Waals surface area contributed by atoms with Gasteiger partial charge in [-0.3, -0.25) is 9.98 Å². The van der Waals surface area contributed by atoms with Crippen molar-refractivity contribution in [2.24, 2.45) is 4.99 Å². The highest BCUT2D eigenvalue weighted by Crippen LogP contribution is 2.37. The number of ether oxygens (including phenoxy) is 1. The molecule has 0 aromatic carbocycles. The summed E-state index contributed by atoms with van der Waals surface area (Å²) in [5.74, 6) is -1.24. The molecule has 20 heavy (non-hydrogen) atoms. The van der Waals surface area contributed by atoms with Gasteiger partial charge in [-0.25, -0.2) is 4.79 Å². The van der Waals surface area contributed by atoms with Crippen LogP contribution < -0.4 is 0 Å². The molecule has 1 aliphatic heterocycles. The summed E-state index contributed by atoms with van der Waals surface area (Å²) in [4.78, 5) is 19.8. The third-order valence-electron chi connectivity index (χ3n) is 3.22. The maximum atomic E-state index is 11.8. The number of carboxylic acids is 1. The number of rotatable bonds is 3. The largest absolute Gasteiger partial charge is 0.479 e. The first kappa shape index (κ1) is 13.9. The first-order chi connectivity index (χ1) is 9.56. The molecule has 0 saturated heterocycles. The van der Waals surface area contributed by atoms with E-state index >= 15 is 0 Å². The molecule has 2 unspecified atom stereocenters. The third-order valence-corrected chi connectivity index (χ3v) is 3.22. The Labute approximate surface area is 116 Å². The van der Waals surface area contributed by atoms with E-state index in [4.69, 9.17) is 4.74 Å². The van der Waals surface area contributed by atoms with Crippen LogP contribution in [-0.2, 0) is 9.53 Å². The Morgan fingerprint density at radius 1 is 1.50 bits per heavy atom. The normalized spacial score (nSPS) is 25.4. The monoisotopic (exact) mass is 271 g/mol. The van der Waals surface area contributed by atoms with Crippen LogP contribution in [0.1, 0.15) is 12.5 Å². The highest BCUT2D eigenvalue weighted by molar-refractivity contribution is 6.09. The molecule has 0 fully saturated rings. The Balaban J connectivity index is 2.70. The maximum absolute atomic E-state index is 11.8. The summed E-state index contributed by atoms with van der Waals surface area (Å²) in [6, 6.07) is 4.12. The van der Waals surface area contributed by atoms with Crippen LogP contribution in [0.15, 0.2) is 35.6 Å². The smallest absolute Gasteiger partial charge is 0.344 e. The molecule has 0 amide bonds. The van der Waals surface area contributed by atoms with Gasteiger partial charge in [0, 0.05) is 30.8 Å². The average Bonchev–Trinajstić information content (AvgIpc) is 2.47. The van der Waals surface area contributed by atoms with E-state index in [9.17, 15) is 15.2 Å². The summed E-state index contributed by atoms with van der Waals surface area (Å²) < 4.78 is 5.24. The molecule has 0 bridgehead atoms. The summed E-state index contributed by atoms with van der Waals surface area (Å²) in [5.41, 5.74) is -0.194. The van der Waals surface area contributed by atoms with Gasteiger partial charge in [0.2, 0.25) is 5.60 Å². The van der Waals surface area contributed by atoms with Crippen LogP contribution in [0.3, 0.4) is 0 Å². The van der Waals surface area contributed by atoms with Crippen molar-refractivity contribution in [1.82, 2.24) is 4.98 Å². The van der Waals surface area contributed by atoms with Crippen molar-refractivity contribution in [3.63, 3.8) is 0 Å². The molecule has 1 N–H and O–H groups in total. The van der Waals surface area contributed by atoms with E-state index in [1.165, 1.54) is 7.11 Å². The molecule has 0 aliphatic carbocycles. The van der Waals surface area contributed by atoms with Gasteiger partial charge in [0.15, 0.2) is 6.04 Å². The lowest BCUT2D eigenvalue weighted by Crippen LogP contribution is -2.52. The molecular weight excluding hydrogens is 258 g/mol. The van der Waals surface area contributed by atoms with Gasteiger partial charge < -0.3 is 9.84 Å². The Hall–Kier alpha value is -2.52. The minimum atomic E-state index is -1.81. The standard InChI is InChI=1S/C14H13N3O3/c1-9-7-11(10-3-5-16-6-4-10)14(20-2,13(18)19)12(8-15)17-9/h3-7,12H,1-2H3,(H,18,19). The summed E-state index contributed by atoms with van der Waals surface area (Å²) in [6.07, 6.45) is 4.74. The molecule has 1 aromatic rings. The Morgan fingerprint density at radius 3 is 2.65 bits per heavy atom. The molecule has 6 nitrogen and oxygen atoms in total. The van der Waals surface area contributed by atoms with Gasteiger partial charge in [-0.2, -0.15) is 5.26 Å². The van der Waals surface area contributed by atoms with Crippen LogP contribution in [0.2, 0.25) is 0 Å². The van der Waals surface area contributed by atoms with Crippen molar-refractivity contribution in [1.29, 1.82) is 5.26 Å². The fourth-order valence-corrected chi connectivity index (χ4v) is 2.29. The third kappa shape index (κ3) is 1.98. The second kappa shape index (κ2) is 5.23. The van der Waals surface area contributed by atoms with Crippen LogP contribution in [0, 0.1) is 11.3 Å². The predicted octanol–water partition coefficient (Wildman–Crippen LogP) is 1.30. The lowest BCUT2D eigenvalue weighted by atomic mass is 9.80. The topological polar surface area (TPSA) is 95.6 Å². The maximum Gasteiger partial charge on any atom is 0.344 e. The number of aliphatic imine (C=N–C) groups is 1. The van der Waals surface area contributed by atoms with Gasteiger partial charge in [0.1, 0.15) is 0 Å². The van der Waals surface area contributed by atoms with Crippen LogP contribution in [0.4, 0.5) is 0 Å². The lowest BCUT2D eigenvalue weighted by Gasteiger charge is -2.35. The predicted molar refractivity (Wildman–Crippen MR) is 72.1 cm³/mol. The Bertz CT molecular complexity index is 631. The quantitative estimate of drug-likeness (QED) is 0.894. The molecule has 0 radical (unpaired) electrons. The fraction of sp³-hybridized carbons (Fsp3) is 0.286. The van der Waals surface area contributed by atoms with Gasteiger partial charge in [-0.05, 0) is 30.7 Å². The number of hydrogen-bond donors (Lipinski definition) is 1. The van der Waals surface area contributed by atoms with E-state index in [0.717, 1.165) is 0 Å². The van der Waals surface area contributed by atoms with Crippen molar-refractivity contribution in [2.45, 2.75) is 18.6 Å². The number of hydrogen-bond acceptors (Lipinski definition) is 5. The number of carboxylic acid groups (broad SMARTS) is 1. The molecule has 1 aromatic heterocycles. The van der Waals surface area contributed by atoms with Gasteiger partial charge >= 0.3 is 5.97 Å². The Morgan fingerprint density at radius 2 is 2.15 bits per heavy atom. The number of aromatic nitrogens is 1. The zero-order valence-corrected chi connectivity index (χ0v) is 11.1. The van der Waals surface area contributed by atoms with Gasteiger partial charge in [-0.1, -0.05) is 0 Å². The highest BCUT2D eigenvalue weighted by Gasteiger charge is 2.52. The van der Waals surface area contributed by atoms with E-state index in [1.807, 2.05) is 6.07 Å². The number of allylic oxidation sites excluding steroid dienone is 1. The van der Waals surface area contributed by atoms with Crippen LogP contribution in [0.5, 0.6) is 0 Å². The molecule has 0 saturated carbocycles. The van der Waals surface area contributed by atoms with Crippen LogP contribution in [-0.4, -0.2) is 40.5 Å². The average molecular weight is 271 g/mol. The second-order valence-corrected chi connectivity index (χ2v) is 4.34. The molecule has 2 heterocycles. The zero-order valence-electron chi connectivity index (χ0n) is 11.1. The molecule has 2 atom stereocenters. The SMILES string of the molecule is COC1(C(=O)O)C(c2ccncc2)=CC(C)=NC1C#N. The van der Waals surface area contributed by atoms with Crippen molar-refractivity contribution in [3.05, 3.63) is 36.2 Å². The first-order valence-corrected chi connectivity index (χ1v) is 5.91. The van der Waals surface area contributed by atoms with E-state index in [2.05, 4.69) is 9.98 Å². The molecule has 0 spiro atoms. The van der Waals surface area contributed by atoms with Crippen molar-refractivity contribution < 1.29 is 14.6 Å². The van der Waals surface area contributed by atoms with E-state index in [1.54, 1.807) is 37.5 Å². The van der Waals surface area contributed by atoms with E-state index in [-0.39, 0.29) is 0 Å². The lowest BCUT2D eigenvalue weighted by molar-refractivity contribution is -0.155. The van der Waals surface area contributed by atoms with E-state index < -0.39 is 17.6 Å². The summed E-state index contributed by atoms with van der Waals surface area (Å²) >= 11 is 0. The van der Waals surface area contributed by atoms with E-state index in [0.29, 0.717) is 16.8 Å².